The second kappa shape index (κ2) is 11.0. The van der Waals surface area contributed by atoms with Crippen LogP contribution in [0.1, 0.15) is 44.0 Å². The molecule has 0 spiro atoms. The third-order valence-electron chi connectivity index (χ3n) is 4.82. The Kier molecular flexibility index (Phi) is 9.41. The molecule has 0 aromatic heterocycles. The highest BCUT2D eigenvalue weighted by Crippen LogP contribution is 2.21. The first-order chi connectivity index (χ1) is 12.8. The second-order valence-electron chi connectivity index (χ2n) is 7.15. The van der Waals surface area contributed by atoms with Crippen LogP contribution in [0.2, 0.25) is 0 Å². The summed E-state index contributed by atoms with van der Waals surface area (Å²) in [6, 6.07) is 6.20. The zero-order valence-corrected chi connectivity index (χ0v) is 17.5. The van der Waals surface area contributed by atoms with E-state index in [0.29, 0.717) is 43.8 Å². The van der Waals surface area contributed by atoms with Gasteiger partial charge in [0.05, 0.1) is 18.6 Å². The van der Waals surface area contributed by atoms with E-state index in [-0.39, 0.29) is 42.0 Å². The van der Waals surface area contributed by atoms with Crippen molar-refractivity contribution in [2.75, 3.05) is 25.0 Å². The lowest BCUT2D eigenvalue weighted by Crippen LogP contribution is -2.40. The van der Waals surface area contributed by atoms with Gasteiger partial charge in [0.15, 0.2) is 0 Å². The molecule has 28 heavy (non-hydrogen) atoms. The second-order valence-corrected chi connectivity index (χ2v) is 7.15. The lowest BCUT2D eigenvalue weighted by Gasteiger charge is -2.31. The number of benzene rings is 1. The Balaban J connectivity index is 0.00000392. The van der Waals surface area contributed by atoms with Gasteiger partial charge in [-0.1, -0.05) is 13.8 Å². The SMILES string of the molecule is CCOC(=O)C1CCN(C(=O)c2ccc(NC(=O)[C@@H](N)C(C)C)cc2)CC1.Cl. The van der Waals surface area contributed by atoms with Gasteiger partial charge < -0.3 is 20.7 Å². The van der Waals surface area contributed by atoms with E-state index in [1.807, 2.05) is 13.8 Å². The van der Waals surface area contributed by atoms with E-state index < -0.39 is 6.04 Å². The van der Waals surface area contributed by atoms with Crippen molar-refractivity contribution >= 4 is 35.9 Å². The molecule has 1 fully saturated rings. The van der Waals surface area contributed by atoms with Gasteiger partial charge in [0.1, 0.15) is 0 Å². The van der Waals surface area contributed by atoms with Crippen molar-refractivity contribution in [3.05, 3.63) is 29.8 Å². The van der Waals surface area contributed by atoms with E-state index in [1.54, 1.807) is 36.1 Å². The maximum atomic E-state index is 12.6. The van der Waals surface area contributed by atoms with Gasteiger partial charge in [-0.2, -0.15) is 0 Å². The minimum absolute atomic E-state index is 0. The minimum atomic E-state index is -0.577. The molecule has 0 saturated carbocycles. The fraction of sp³-hybridized carbons (Fsp3) is 0.550. The van der Waals surface area contributed by atoms with E-state index >= 15 is 0 Å². The largest absolute Gasteiger partial charge is 0.466 e. The average Bonchev–Trinajstić information content (AvgIpc) is 2.67. The molecule has 0 aliphatic carbocycles. The summed E-state index contributed by atoms with van der Waals surface area (Å²) in [7, 11) is 0. The van der Waals surface area contributed by atoms with Crippen LogP contribution in [0.15, 0.2) is 24.3 Å². The Morgan fingerprint density at radius 3 is 2.25 bits per heavy atom. The molecular formula is C20H30ClN3O4. The first kappa shape index (κ1) is 23.9. The molecular weight excluding hydrogens is 382 g/mol. The van der Waals surface area contributed by atoms with E-state index in [0.717, 1.165) is 0 Å². The number of hydrogen-bond acceptors (Lipinski definition) is 5. The smallest absolute Gasteiger partial charge is 0.309 e. The molecule has 3 N–H and O–H groups in total. The fourth-order valence-corrected chi connectivity index (χ4v) is 2.99. The first-order valence-electron chi connectivity index (χ1n) is 9.45. The highest BCUT2D eigenvalue weighted by Gasteiger charge is 2.28. The number of anilines is 1. The number of piperidine rings is 1. The van der Waals surface area contributed by atoms with Crippen molar-refractivity contribution in [1.29, 1.82) is 0 Å². The zero-order chi connectivity index (χ0) is 20.0. The molecule has 1 saturated heterocycles. The molecule has 156 valence electrons. The van der Waals surface area contributed by atoms with E-state index in [2.05, 4.69) is 5.32 Å². The summed E-state index contributed by atoms with van der Waals surface area (Å²) in [5.74, 6) is -0.580. The van der Waals surface area contributed by atoms with Gasteiger partial charge in [-0.05, 0) is 49.9 Å². The normalized spacial score (nSPS) is 15.5. The zero-order valence-electron chi connectivity index (χ0n) is 16.6. The predicted molar refractivity (Wildman–Crippen MR) is 110 cm³/mol. The molecule has 8 heteroatoms. The predicted octanol–water partition coefficient (Wildman–Crippen LogP) is 2.45. The van der Waals surface area contributed by atoms with Crippen LogP contribution in [-0.2, 0) is 14.3 Å². The number of ether oxygens (including phenoxy) is 1. The van der Waals surface area contributed by atoms with Gasteiger partial charge in [-0.15, -0.1) is 12.4 Å². The standard InChI is InChI=1S/C20H29N3O4.ClH/c1-4-27-20(26)15-9-11-23(12-10-15)19(25)14-5-7-16(8-6-14)22-18(24)17(21)13(2)3;/h5-8,13,15,17H,4,9-12,21H2,1-3H3,(H,22,24);1H/t17-;/m0./s1. The van der Waals surface area contributed by atoms with E-state index in [1.165, 1.54) is 0 Å². The summed E-state index contributed by atoms with van der Waals surface area (Å²) in [4.78, 5) is 38.2. The molecule has 1 heterocycles. The van der Waals surface area contributed by atoms with Crippen molar-refractivity contribution < 1.29 is 19.1 Å². The third-order valence-corrected chi connectivity index (χ3v) is 4.82. The summed E-state index contributed by atoms with van der Waals surface area (Å²) < 4.78 is 5.05. The molecule has 1 aliphatic rings. The lowest BCUT2D eigenvalue weighted by atomic mass is 9.96. The van der Waals surface area contributed by atoms with Gasteiger partial charge in [0.2, 0.25) is 5.91 Å². The molecule has 2 amide bonds. The Labute approximate surface area is 172 Å². The molecule has 1 aromatic rings. The fourth-order valence-electron chi connectivity index (χ4n) is 2.99. The van der Waals surface area contributed by atoms with E-state index in [9.17, 15) is 14.4 Å². The number of halogens is 1. The number of carbonyl (C=O) groups excluding carboxylic acids is 3. The monoisotopic (exact) mass is 411 g/mol. The van der Waals surface area contributed by atoms with Crippen LogP contribution in [0.4, 0.5) is 5.69 Å². The quantitative estimate of drug-likeness (QED) is 0.700. The summed E-state index contributed by atoms with van der Waals surface area (Å²) >= 11 is 0. The number of likely N-dealkylation sites (tertiary alicyclic amines) is 1. The van der Waals surface area contributed by atoms with E-state index in [4.69, 9.17) is 10.5 Å². The van der Waals surface area contributed by atoms with Crippen LogP contribution in [0, 0.1) is 11.8 Å². The molecule has 0 bridgehead atoms. The van der Waals surface area contributed by atoms with Gasteiger partial charge in [-0.3, -0.25) is 14.4 Å². The highest BCUT2D eigenvalue weighted by atomic mass is 35.5. The topological polar surface area (TPSA) is 102 Å². The van der Waals surface area contributed by atoms with Crippen molar-refractivity contribution in [2.24, 2.45) is 17.6 Å². The van der Waals surface area contributed by atoms with Crippen LogP contribution >= 0.6 is 12.4 Å². The van der Waals surface area contributed by atoms with Gasteiger partial charge in [-0.25, -0.2) is 0 Å². The molecule has 7 nitrogen and oxygen atoms in total. The molecule has 0 radical (unpaired) electrons. The lowest BCUT2D eigenvalue weighted by molar-refractivity contribution is -0.149. The van der Waals surface area contributed by atoms with Crippen molar-refractivity contribution in [2.45, 2.75) is 39.7 Å². The van der Waals surface area contributed by atoms with Crippen LogP contribution < -0.4 is 11.1 Å². The number of rotatable bonds is 6. The number of esters is 1. The van der Waals surface area contributed by atoms with Crippen LogP contribution in [0.5, 0.6) is 0 Å². The Bertz CT molecular complexity index is 671. The first-order valence-corrected chi connectivity index (χ1v) is 9.45. The number of nitrogens with one attached hydrogen (secondary N) is 1. The Hall–Kier alpha value is -2.12. The average molecular weight is 412 g/mol. The maximum absolute atomic E-state index is 12.6. The van der Waals surface area contributed by atoms with Gasteiger partial charge in [0, 0.05) is 24.3 Å². The summed E-state index contributed by atoms with van der Waals surface area (Å²) in [5.41, 5.74) is 6.99. The van der Waals surface area contributed by atoms with Crippen LogP contribution in [-0.4, -0.2) is 48.4 Å². The molecule has 2 rings (SSSR count). The number of amides is 2. The van der Waals surface area contributed by atoms with Crippen molar-refractivity contribution in [3.8, 4) is 0 Å². The van der Waals surface area contributed by atoms with Crippen molar-refractivity contribution in [1.82, 2.24) is 4.90 Å². The number of nitrogens with zero attached hydrogens (tertiary/aromatic N) is 1. The summed E-state index contributed by atoms with van der Waals surface area (Å²) in [6.07, 6.45) is 1.23. The third kappa shape index (κ3) is 6.21. The Morgan fingerprint density at radius 2 is 1.75 bits per heavy atom. The highest BCUT2D eigenvalue weighted by molar-refractivity contribution is 5.97. The summed E-state index contributed by atoms with van der Waals surface area (Å²) in [5, 5.41) is 2.76. The van der Waals surface area contributed by atoms with Gasteiger partial charge >= 0.3 is 5.97 Å². The molecule has 1 aliphatic heterocycles. The van der Waals surface area contributed by atoms with Crippen LogP contribution in [0.25, 0.3) is 0 Å². The Morgan fingerprint density at radius 1 is 1.18 bits per heavy atom. The molecule has 1 aromatic carbocycles. The summed E-state index contributed by atoms with van der Waals surface area (Å²) in [6.45, 7) is 7.00. The molecule has 1 atom stereocenters. The van der Waals surface area contributed by atoms with Gasteiger partial charge in [0.25, 0.3) is 5.91 Å². The van der Waals surface area contributed by atoms with Crippen molar-refractivity contribution in [3.63, 3.8) is 0 Å². The number of nitrogens with two attached hydrogens (primary N) is 1. The number of carbonyl (C=O) groups is 3. The van der Waals surface area contributed by atoms with Crippen LogP contribution in [0.3, 0.4) is 0 Å². The number of hydrogen-bond donors (Lipinski definition) is 2. The molecule has 0 unspecified atom stereocenters. The maximum Gasteiger partial charge on any atom is 0.309 e. The minimum Gasteiger partial charge on any atom is -0.466 e.